The van der Waals surface area contributed by atoms with Gasteiger partial charge in [0, 0.05) is 6.42 Å². The maximum atomic E-state index is 13.3. The Morgan fingerprint density at radius 1 is 0.468 bits per heavy atom. The van der Waals surface area contributed by atoms with E-state index >= 15 is 0 Å². The molecule has 0 radical (unpaired) electrons. The molecule has 9 N–H and O–H groups in total. The van der Waals surface area contributed by atoms with Crippen molar-refractivity contribution in [3.8, 4) is 0 Å². The smallest absolute Gasteiger partial charge is 0.220 e. The SMILES string of the molecule is CCCCC/C=C\C/C=C\C/C=C\CCCCCCCCC(=O)NC(COC1OC(CO)C(OC2OC(CO)C(O)C(O)C2O)C(O)C1O)C(O)/C=C/CCCCCCCCCCCCCCCCCCCCCCCC. The number of carbonyl (C=O) groups excluding carboxylic acids is 1. The Kier molecular flexibility index (Phi) is 44.9. The van der Waals surface area contributed by atoms with Crippen LogP contribution in [0.25, 0.3) is 0 Å². The number of aliphatic hydroxyl groups excluding tert-OH is 8. The lowest BCUT2D eigenvalue weighted by atomic mass is 9.97. The summed E-state index contributed by atoms with van der Waals surface area (Å²) in [5, 5.41) is 87.2. The lowest BCUT2D eigenvalue weighted by Crippen LogP contribution is -2.65. The largest absolute Gasteiger partial charge is 0.394 e. The predicted molar refractivity (Wildman–Crippen MR) is 309 cm³/mol. The summed E-state index contributed by atoms with van der Waals surface area (Å²) in [6, 6.07) is -0.924. The first kappa shape index (κ1) is 71.1. The molecular weight excluding hydrogens is 979 g/mol. The van der Waals surface area contributed by atoms with Gasteiger partial charge in [0.25, 0.3) is 0 Å². The van der Waals surface area contributed by atoms with Crippen LogP contribution < -0.4 is 5.32 Å². The molecule has 77 heavy (non-hydrogen) atoms. The molecule has 12 unspecified atom stereocenters. The highest BCUT2D eigenvalue weighted by Crippen LogP contribution is 2.30. The van der Waals surface area contributed by atoms with Gasteiger partial charge in [-0.05, 0) is 57.8 Å². The molecule has 0 spiro atoms. The van der Waals surface area contributed by atoms with Crippen molar-refractivity contribution in [2.75, 3.05) is 19.8 Å². The van der Waals surface area contributed by atoms with E-state index in [1.165, 1.54) is 154 Å². The fourth-order valence-electron chi connectivity index (χ4n) is 10.2. The van der Waals surface area contributed by atoms with Gasteiger partial charge >= 0.3 is 0 Å². The van der Waals surface area contributed by atoms with Gasteiger partial charge in [-0.25, -0.2) is 0 Å². The minimum Gasteiger partial charge on any atom is -0.394 e. The van der Waals surface area contributed by atoms with E-state index in [1.807, 2.05) is 6.08 Å². The number of rotatable bonds is 50. The molecule has 2 rings (SSSR count). The van der Waals surface area contributed by atoms with Gasteiger partial charge in [0.2, 0.25) is 5.91 Å². The van der Waals surface area contributed by atoms with E-state index in [9.17, 15) is 45.6 Å². The molecule has 450 valence electrons. The van der Waals surface area contributed by atoms with Crippen LogP contribution in [-0.2, 0) is 23.7 Å². The zero-order chi connectivity index (χ0) is 56.0. The van der Waals surface area contributed by atoms with Crippen LogP contribution in [0.2, 0.25) is 0 Å². The summed E-state index contributed by atoms with van der Waals surface area (Å²) in [5.41, 5.74) is 0. The van der Waals surface area contributed by atoms with Gasteiger partial charge in [0.15, 0.2) is 12.6 Å². The highest BCUT2D eigenvalue weighted by molar-refractivity contribution is 5.76. The number of hydrogen-bond donors (Lipinski definition) is 9. The van der Waals surface area contributed by atoms with Crippen molar-refractivity contribution in [2.45, 2.75) is 325 Å². The van der Waals surface area contributed by atoms with Crippen molar-refractivity contribution in [1.29, 1.82) is 0 Å². The van der Waals surface area contributed by atoms with Crippen LogP contribution in [0.3, 0.4) is 0 Å². The van der Waals surface area contributed by atoms with Gasteiger partial charge in [-0.3, -0.25) is 4.79 Å². The van der Waals surface area contributed by atoms with Crippen molar-refractivity contribution >= 4 is 5.91 Å². The zero-order valence-corrected chi connectivity index (χ0v) is 48.5. The molecule has 2 aliphatic heterocycles. The number of allylic oxidation sites excluding steroid dienone is 7. The summed E-state index contributed by atoms with van der Waals surface area (Å²) >= 11 is 0. The quantitative estimate of drug-likeness (QED) is 0.0204. The number of amides is 1. The maximum Gasteiger partial charge on any atom is 0.220 e. The summed E-state index contributed by atoms with van der Waals surface area (Å²) in [7, 11) is 0. The average Bonchev–Trinajstić information content (AvgIpc) is 3.44. The van der Waals surface area contributed by atoms with Gasteiger partial charge in [-0.2, -0.15) is 0 Å². The summed E-state index contributed by atoms with van der Waals surface area (Å²) in [5.74, 6) is -0.251. The number of hydrogen-bond acceptors (Lipinski definition) is 13. The van der Waals surface area contributed by atoms with Crippen LogP contribution in [0.15, 0.2) is 48.6 Å². The lowest BCUT2D eigenvalue weighted by Gasteiger charge is -2.46. The fourth-order valence-corrected chi connectivity index (χ4v) is 10.2. The van der Waals surface area contributed by atoms with Crippen molar-refractivity contribution in [2.24, 2.45) is 0 Å². The van der Waals surface area contributed by atoms with Gasteiger partial charge in [0.05, 0.1) is 32.0 Å². The Balaban J connectivity index is 1.75. The van der Waals surface area contributed by atoms with Crippen LogP contribution in [0, 0.1) is 0 Å². The number of nitrogens with one attached hydrogen (secondary N) is 1. The molecule has 2 heterocycles. The van der Waals surface area contributed by atoms with Gasteiger partial charge in [0.1, 0.15) is 48.8 Å². The van der Waals surface area contributed by atoms with Crippen molar-refractivity contribution < 1.29 is 64.6 Å². The first-order valence-corrected chi connectivity index (χ1v) is 31.4. The fraction of sp³-hybridized carbons (Fsp3) is 0.857. The second kappa shape index (κ2) is 48.6. The first-order valence-electron chi connectivity index (χ1n) is 31.4. The minimum atomic E-state index is -1.79. The Morgan fingerprint density at radius 2 is 0.857 bits per heavy atom. The van der Waals surface area contributed by atoms with Crippen LogP contribution in [0.4, 0.5) is 0 Å². The molecule has 0 aliphatic carbocycles. The van der Waals surface area contributed by atoms with Gasteiger partial charge < -0.3 is 65.1 Å². The summed E-state index contributed by atoms with van der Waals surface area (Å²) in [4.78, 5) is 13.3. The predicted octanol–water partition coefficient (Wildman–Crippen LogP) is 11.2. The Morgan fingerprint density at radius 3 is 1.34 bits per heavy atom. The van der Waals surface area contributed by atoms with E-state index in [1.54, 1.807) is 6.08 Å². The molecular formula is C63H115NO13. The number of aliphatic hydroxyl groups is 8. The summed E-state index contributed by atoms with van der Waals surface area (Å²) in [6.45, 7) is 2.78. The lowest BCUT2D eigenvalue weighted by molar-refractivity contribution is -0.359. The molecule has 2 saturated heterocycles. The van der Waals surface area contributed by atoms with Crippen molar-refractivity contribution in [1.82, 2.24) is 5.32 Å². The summed E-state index contributed by atoms with van der Waals surface area (Å²) in [6.07, 6.45) is 44.3. The van der Waals surface area contributed by atoms with Crippen LogP contribution in [-0.4, -0.2) is 140 Å². The Hall–Kier alpha value is -2.05. The molecule has 0 aromatic rings. The average molecular weight is 1090 g/mol. The van der Waals surface area contributed by atoms with E-state index in [2.05, 4.69) is 55.6 Å². The third-order valence-corrected chi connectivity index (χ3v) is 15.3. The number of unbranched alkanes of at least 4 members (excludes halogenated alkanes) is 31. The summed E-state index contributed by atoms with van der Waals surface area (Å²) < 4.78 is 22.8. The van der Waals surface area contributed by atoms with Crippen molar-refractivity contribution in [3.63, 3.8) is 0 Å². The molecule has 1 amide bonds. The Labute approximate surface area is 467 Å². The molecule has 2 fully saturated rings. The highest BCUT2D eigenvalue weighted by Gasteiger charge is 2.51. The second-order valence-corrected chi connectivity index (χ2v) is 22.2. The van der Waals surface area contributed by atoms with E-state index in [4.69, 9.17) is 18.9 Å². The monoisotopic (exact) mass is 1090 g/mol. The third kappa shape index (κ3) is 34.1. The van der Waals surface area contributed by atoms with Crippen LogP contribution in [0.1, 0.15) is 251 Å². The molecule has 2 aliphatic rings. The molecule has 0 aromatic carbocycles. The van der Waals surface area contributed by atoms with Crippen LogP contribution >= 0.6 is 0 Å². The molecule has 14 nitrogen and oxygen atoms in total. The van der Waals surface area contributed by atoms with Crippen LogP contribution in [0.5, 0.6) is 0 Å². The third-order valence-electron chi connectivity index (χ3n) is 15.3. The molecule has 12 atom stereocenters. The highest BCUT2D eigenvalue weighted by atomic mass is 16.7. The van der Waals surface area contributed by atoms with Gasteiger partial charge in [-0.1, -0.05) is 236 Å². The molecule has 14 heteroatoms. The number of carbonyl (C=O) groups is 1. The molecule has 0 saturated carbocycles. The second-order valence-electron chi connectivity index (χ2n) is 22.2. The standard InChI is InChI=1S/C63H115NO13/c1-3-5-7-9-11-13-15-17-19-21-23-24-25-26-27-29-30-32-34-36-38-40-42-44-46-52(67)51(64-55(68)47-45-43-41-39-37-35-33-31-28-22-20-18-16-14-12-10-8-6-4-2)50-74-62-60(73)58(71)61(54(49-66)76-62)77-63-59(72)57(70)56(69)53(48-65)75-63/h12,14,18,20,28,31,44,46,51-54,56-63,65-67,69-73H,3-11,13,15-17,19,21-27,29-30,32-43,45,47-50H2,1-2H3,(H,64,68)/b14-12-,20-18-,31-28-,46-44+. The zero-order valence-electron chi connectivity index (χ0n) is 48.5. The maximum absolute atomic E-state index is 13.3. The molecule has 0 bridgehead atoms. The first-order chi connectivity index (χ1) is 37.6. The van der Waals surface area contributed by atoms with E-state index in [0.29, 0.717) is 6.42 Å². The number of ether oxygens (including phenoxy) is 4. The van der Waals surface area contributed by atoms with E-state index in [0.717, 1.165) is 70.6 Å². The van der Waals surface area contributed by atoms with Gasteiger partial charge in [-0.15, -0.1) is 0 Å². The molecule has 0 aromatic heterocycles. The Bertz CT molecular complexity index is 1480. The minimum absolute atomic E-state index is 0.251. The normalized spacial score (nSPS) is 25.0. The van der Waals surface area contributed by atoms with E-state index < -0.39 is 86.8 Å². The van der Waals surface area contributed by atoms with Crippen molar-refractivity contribution in [3.05, 3.63) is 48.6 Å². The van der Waals surface area contributed by atoms with E-state index in [-0.39, 0.29) is 18.9 Å². The topological polar surface area (TPSA) is 228 Å².